The predicted molar refractivity (Wildman–Crippen MR) is 208 cm³/mol. The van der Waals surface area contributed by atoms with Crippen molar-refractivity contribution in [2.24, 2.45) is 0 Å². The number of anilines is 3. The first kappa shape index (κ1) is 30.1. The topological polar surface area (TPSA) is 37.6 Å². The van der Waals surface area contributed by atoms with Crippen LogP contribution in [0.2, 0.25) is 0 Å². The molecule has 5 heteroatoms. The Hall–Kier alpha value is -6.04. The van der Waals surface area contributed by atoms with Crippen LogP contribution in [0.1, 0.15) is 25.0 Å². The minimum absolute atomic E-state index is 0.113. The van der Waals surface area contributed by atoms with Gasteiger partial charge in [0, 0.05) is 38.9 Å². The van der Waals surface area contributed by atoms with E-state index in [2.05, 4.69) is 163 Å². The summed E-state index contributed by atoms with van der Waals surface area (Å²) in [7, 11) is -0.358. The van der Waals surface area contributed by atoms with E-state index in [4.69, 9.17) is 4.65 Å². The van der Waals surface area contributed by atoms with E-state index in [1.54, 1.807) is 0 Å². The molecule has 0 saturated carbocycles. The summed E-state index contributed by atoms with van der Waals surface area (Å²) < 4.78 is 7.71. The first-order valence-corrected chi connectivity index (χ1v) is 17.1. The molecule has 9 rings (SSSR count). The molecule has 240 valence electrons. The largest absolute Gasteiger partial charge is 0.539 e. The van der Waals surface area contributed by atoms with Gasteiger partial charge in [0.2, 0.25) is 0 Å². The van der Waals surface area contributed by atoms with Crippen LogP contribution >= 0.6 is 0 Å². The van der Waals surface area contributed by atoms with E-state index < -0.39 is 0 Å². The monoisotopic (exact) mass is 646 g/mol. The molecule has 0 bridgehead atoms. The van der Waals surface area contributed by atoms with Crippen LogP contribution in [0.15, 0.2) is 164 Å². The summed E-state index contributed by atoms with van der Waals surface area (Å²) in [6.45, 7) is 4.63. The normalized spacial score (nSPS) is 12.9. The summed E-state index contributed by atoms with van der Waals surface area (Å²) in [5.41, 5.74) is 14.2. The summed E-state index contributed by atoms with van der Waals surface area (Å²) in [4.78, 5) is 2.29. The molecular formula is C45H35BN2O2. The van der Waals surface area contributed by atoms with Gasteiger partial charge in [-0.1, -0.05) is 98.8 Å². The van der Waals surface area contributed by atoms with Gasteiger partial charge in [-0.3, -0.25) is 0 Å². The first-order chi connectivity index (χ1) is 24.5. The van der Waals surface area contributed by atoms with E-state index in [9.17, 15) is 5.02 Å². The molecular weight excluding hydrogens is 611 g/mol. The molecule has 1 aliphatic carbocycles. The number of fused-ring (bicyclic) bond motifs is 6. The van der Waals surface area contributed by atoms with Crippen molar-refractivity contribution in [1.82, 2.24) is 4.57 Å². The van der Waals surface area contributed by atoms with Crippen molar-refractivity contribution in [3.8, 4) is 33.7 Å². The van der Waals surface area contributed by atoms with E-state index in [1.807, 2.05) is 24.3 Å². The lowest BCUT2D eigenvalue weighted by Crippen LogP contribution is -2.16. The molecule has 0 aliphatic heterocycles. The smallest absolute Gasteiger partial charge is 0.504 e. The number of benzene rings is 7. The van der Waals surface area contributed by atoms with Gasteiger partial charge in [0.1, 0.15) is 5.75 Å². The maximum atomic E-state index is 9.32. The van der Waals surface area contributed by atoms with Crippen LogP contribution in [0.4, 0.5) is 17.1 Å². The van der Waals surface area contributed by atoms with Gasteiger partial charge in [-0.15, -0.1) is 0 Å². The Labute approximate surface area is 292 Å². The Morgan fingerprint density at radius 1 is 0.540 bits per heavy atom. The number of nitrogens with zero attached hydrogens (tertiary/aromatic N) is 2. The summed E-state index contributed by atoms with van der Waals surface area (Å²) in [6, 6.07) is 58.4. The van der Waals surface area contributed by atoms with Crippen molar-refractivity contribution in [1.29, 1.82) is 0 Å². The summed E-state index contributed by atoms with van der Waals surface area (Å²) >= 11 is 0. The standard InChI is InChI=1S/C45H35BN2O2/c1-45(2)41-14-8-6-12-37(41)38-26-23-35(29-42(38)45)47(34-21-24-36(25-22-34)50-46-49)33-19-16-30(17-20-33)31-18-27-44-40(28-31)39-13-7-9-15-43(39)48(44)32-10-4-3-5-11-32/h3-29,46,49H,1-2H3. The highest BCUT2D eigenvalue weighted by Crippen LogP contribution is 2.50. The average Bonchev–Trinajstić information content (AvgIpc) is 3.61. The zero-order valence-corrected chi connectivity index (χ0v) is 28.0. The number of para-hydroxylation sites is 2. The van der Waals surface area contributed by atoms with Crippen LogP contribution in [0.25, 0.3) is 49.7 Å². The molecule has 0 radical (unpaired) electrons. The Morgan fingerprint density at radius 2 is 1.16 bits per heavy atom. The van der Waals surface area contributed by atoms with E-state index >= 15 is 0 Å². The molecule has 0 spiro atoms. The van der Waals surface area contributed by atoms with E-state index in [1.165, 1.54) is 49.6 Å². The van der Waals surface area contributed by atoms with Crippen molar-refractivity contribution in [2.45, 2.75) is 19.3 Å². The fraction of sp³-hybridized carbons (Fsp3) is 0.0667. The lowest BCUT2D eigenvalue weighted by Gasteiger charge is -2.28. The quantitative estimate of drug-likeness (QED) is 0.175. The number of hydrogen-bond acceptors (Lipinski definition) is 3. The summed E-state index contributed by atoms with van der Waals surface area (Å²) in [6.07, 6.45) is 0. The van der Waals surface area contributed by atoms with Crippen LogP contribution in [0.3, 0.4) is 0 Å². The van der Waals surface area contributed by atoms with Crippen molar-refractivity contribution in [3.63, 3.8) is 0 Å². The molecule has 0 unspecified atom stereocenters. The van der Waals surface area contributed by atoms with Gasteiger partial charge in [0.15, 0.2) is 0 Å². The zero-order valence-electron chi connectivity index (χ0n) is 28.0. The molecule has 4 nitrogen and oxygen atoms in total. The third kappa shape index (κ3) is 4.81. The number of aromatic nitrogens is 1. The molecule has 1 heterocycles. The lowest BCUT2D eigenvalue weighted by molar-refractivity contribution is 0.454. The van der Waals surface area contributed by atoms with Crippen molar-refractivity contribution >= 4 is 46.6 Å². The molecule has 50 heavy (non-hydrogen) atoms. The van der Waals surface area contributed by atoms with Crippen LogP contribution in [0, 0.1) is 0 Å². The second kappa shape index (κ2) is 11.8. The van der Waals surface area contributed by atoms with Crippen molar-refractivity contribution < 1.29 is 9.68 Å². The molecule has 0 amide bonds. The van der Waals surface area contributed by atoms with Gasteiger partial charge in [0.05, 0.1) is 11.0 Å². The van der Waals surface area contributed by atoms with Crippen molar-refractivity contribution in [2.75, 3.05) is 4.90 Å². The molecule has 1 N–H and O–H groups in total. The van der Waals surface area contributed by atoms with Crippen LogP contribution in [0.5, 0.6) is 5.75 Å². The minimum Gasteiger partial charge on any atom is -0.539 e. The van der Waals surface area contributed by atoms with E-state index in [0.717, 1.165) is 28.3 Å². The maximum Gasteiger partial charge on any atom is 0.504 e. The highest BCUT2D eigenvalue weighted by Gasteiger charge is 2.35. The maximum absolute atomic E-state index is 9.32. The summed E-state index contributed by atoms with van der Waals surface area (Å²) in [5, 5.41) is 11.8. The van der Waals surface area contributed by atoms with Crippen molar-refractivity contribution in [3.05, 3.63) is 175 Å². The molecule has 1 aliphatic rings. The van der Waals surface area contributed by atoms with Gasteiger partial charge < -0.3 is 19.1 Å². The van der Waals surface area contributed by atoms with Gasteiger partial charge in [-0.05, 0) is 112 Å². The third-order valence-electron chi connectivity index (χ3n) is 10.3. The van der Waals surface area contributed by atoms with Crippen LogP contribution in [-0.4, -0.2) is 17.3 Å². The molecule has 0 atom stereocenters. The average molecular weight is 647 g/mol. The lowest BCUT2D eigenvalue weighted by atomic mass is 9.82. The molecule has 0 fully saturated rings. The molecule has 8 aromatic rings. The summed E-state index contributed by atoms with van der Waals surface area (Å²) in [5.74, 6) is 0.626. The predicted octanol–water partition coefficient (Wildman–Crippen LogP) is 10.9. The van der Waals surface area contributed by atoms with Gasteiger partial charge in [-0.2, -0.15) is 0 Å². The van der Waals surface area contributed by atoms with Crippen LogP contribution < -0.4 is 9.55 Å². The Kier molecular flexibility index (Phi) is 7.11. The van der Waals surface area contributed by atoms with Gasteiger partial charge in [-0.25, -0.2) is 0 Å². The SMILES string of the molecule is CC1(C)c2ccccc2-c2ccc(N(c3ccc(OBO)cc3)c3ccc(-c4ccc5c(c4)c4ccccc4n5-c4ccccc4)cc3)cc21. The van der Waals surface area contributed by atoms with E-state index in [-0.39, 0.29) is 13.1 Å². The second-order valence-corrected chi connectivity index (χ2v) is 13.5. The Morgan fingerprint density at radius 3 is 1.94 bits per heavy atom. The zero-order chi connectivity index (χ0) is 33.8. The number of rotatable bonds is 7. The molecule has 7 aromatic carbocycles. The second-order valence-electron chi connectivity index (χ2n) is 13.5. The Balaban J connectivity index is 1.13. The highest BCUT2D eigenvalue weighted by molar-refractivity contribution is 6.17. The Bertz CT molecular complexity index is 2520. The van der Waals surface area contributed by atoms with Gasteiger partial charge in [0.25, 0.3) is 0 Å². The van der Waals surface area contributed by atoms with Crippen LogP contribution in [-0.2, 0) is 5.41 Å². The molecule has 1 aromatic heterocycles. The fourth-order valence-corrected chi connectivity index (χ4v) is 7.86. The highest BCUT2D eigenvalue weighted by atomic mass is 16.5. The number of hydrogen-bond donors (Lipinski definition) is 1. The fourth-order valence-electron chi connectivity index (χ4n) is 7.86. The molecule has 0 saturated heterocycles. The van der Waals surface area contributed by atoms with Gasteiger partial charge >= 0.3 is 7.69 Å². The first-order valence-electron chi connectivity index (χ1n) is 17.1. The van der Waals surface area contributed by atoms with E-state index in [0.29, 0.717) is 5.75 Å². The third-order valence-corrected chi connectivity index (χ3v) is 10.3. The minimum atomic E-state index is -0.358.